The van der Waals surface area contributed by atoms with Crippen LogP contribution in [-0.2, 0) is 4.79 Å². The lowest BCUT2D eigenvalue weighted by atomic mass is 9.85. The summed E-state index contributed by atoms with van der Waals surface area (Å²) in [6.07, 6.45) is 5.38. The van der Waals surface area contributed by atoms with Crippen molar-refractivity contribution in [2.45, 2.75) is 43.8 Å². The Morgan fingerprint density at radius 2 is 2.15 bits per heavy atom. The zero-order chi connectivity index (χ0) is 13.7. The van der Waals surface area contributed by atoms with Crippen molar-refractivity contribution in [2.24, 2.45) is 5.92 Å². The van der Waals surface area contributed by atoms with E-state index in [0.29, 0.717) is 5.92 Å². The Hall–Kier alpha value is -1.42. The lowest BCUT2D eigenvalue weighted by Gasteiger charge is -2.33. The van der Waals surface area contributed by atoms with Crippen LogP contribution in [0.3, 0.4) is 0 Å². The summed E-state index contributed by atoms with van der Waals surface area (Å²) in [4.78, 5) is 14.6. The number of hydrogen-bond donors (Lipinski definition) is 1. The highest BCUT2D eigenvalue weighted by Crippen LogP contribution is 2.46. The zero-order valence-electron chi connectivity index (χ0n) is 11.4. The highest BCUT2D eigenvalue weighted by Gasteiger charge is 2.59. The maximum absolute atomic E-state index is 13.5. The first kappa shape index (κ1) is 12.3. The molecule has 1 spiro atoms. The first-order valence-corrected chi connectivity index (χ1v) is 7.52. The molecule has 1 atom stereocenters. The minimum absolute atomic E-state index is 0.152. The fourth-order valence-corrected chi connectivity index (χ4v) is 3.36. The highest BCUT2D eigenvalue weighted by atomic mass is 19.1. The molecule has 1 N–H and O–H groups in total. The third kappa shape index (κ3) is 1.85. The van der Waals surface area contributed by atoms with Crippen molar-refractivity contribution < 1.29 is 9.18 Å². The van der Waals surface area contributed by atoms with E-state index in [4.69, 9.17) is 0 Å². The molecule has 2 aliphatic carbocycles. The molecule has 2 saturated carbocycles. The third-order valence-electron chi connectivity index (χ3n) is 4.99. The van der Waals surface area contributed by atoms with E-state index in [1.165, 1.54) is 25.3 Å². The molecular weight excluding hydrogens is 255 g/mol. The fourth-order valence-electron chi connectivity index (χ4n) is 3.36. The molecule has 1 aromatic rings. The van der Waals surface area contributed by atoms with E-state index in [-0.39, 0.29) is 23.4 Å². The van der Waals surface area contributed by atoms with Gasteiger partial charge in [-0.25, -0.2) is 4.39 Å². The largest absolute Gasteiger partial charge is 0.321 e. The van der Waals surface area contributed by atoms with E-state index >= 15 is 0 Å². The van der Waals surface area contributed by atoms with Crippen molar-refractivity contribution in [3.63, 3.8) is 0 Å². The molecule has 3 nitrogen and oxygen atoms in total. The monoisotopic (exact) mass is 274 g/mol. The van der Waals surface area contributed by atoms with Gasteiger partial charge in [-0.2, -0.15) is 0 Å². The van der Waals surface area contributed by atoms with Crippen LogP contribution in [0.25, 0.3) is 0 Å². The Kier molecular flexibility index (Phi) is 2.64. The molecule has 4 rings (SSSR count). The second-order valence-corrected chi connectivity index (χ2v) is 6.44. The molecule has 106 valence electrons. The van der Waals surface area contributed by atoms with Crippen LogP contribution >= 0.6 is 0 Å². The van der Waals surface area contributed by atoms with Gasteiger partial charge in [-0.3, -0.25) is 10.1 Å². The van der Waals surface area contributed by atoms with Crippen LogP contribution in [0.4, 0.5) is 4.39 Å². The molecule has 1 amide bonds. The van der Waals surface area contributed by atoms with Crippen molar-refractivity contribution in [1.29, 1.82) is 0 Å². The maximum Gasteiger partial charge on any atom is 0.244 e. The zero-order valence-corrected chi connectivity index (χ0v) is 11.4. The van der Waals surface area contributed by atoms with E-state index in [0.717, 1.165) is 24.9 Å². The van der Waals surface area contributed by atoms with Gasteiger partial charge in [0.2, 0.25) is 5.91 Å². The number of carbonyl (C=O) groups is 1. The van der Waals surface area contributed by atoms with Gasteiger partial charge in [0.25, 0.3) is 0 Å². The number of benzene rings is 1. The van der Waals surface area contributed by atoms with E-state index < -0.39 is 0 Å². The minimum Gasteiger partial charge on any atom is -0.321 e. The Morgan fingerprint density at radius 1 is 1.35 bits per heavy atom. The van der Waals surface area contributed by atoms with Crippen molar-refractivity contribution in [1.82, 2.24) is 10.2 Å². The molecule has 3 aliphatic rings. The number of nitrogens with one attached hydrogen (secondary N) is 1. The third-order valence-corrected chi connectivity index (χ3v) is 4.99. The Bertz CT molecular complexity index is 551. The Balaban J connectivity index is 1.63. The number of hydrogen-bond acceptors (Lipinski definition) is 2. The first-order chi connectivity index (χ1) is 9.68. The molecule has 4 heteroatoms. The van der Waals surface area contributed by atoms with Gasteiger partial charge in [0.05, 0.1) is 0 Å². The van der Waals surface area contributed by atoms with Crippen LogP contribution in [0.1, 0.15) is 43.8 Å². The number of carbonyl (C=O) groups excluding carboxylic acids is 1. The molecule has 0 bridgehead atoms. The average molecular weight is 274 g/mol. The van der Waals surface area contributed by atoms with Crippen molar-refractivity contribution in [3.8, 4) is 0 Å². The molecule has 1 aromatic carbocycles. The molecule has 0 radical (unpaired) electrons. The molecule has 1 heterocycles. The second kappa shape index (κ2) is 4.29. The lowest BCUT2D eigenvalue weighted by molar-refractivity contribution is -0.131. The summed E-state index contributed by atoms with van der Waals surface area (Å²) in [7, 11) is 0. The highest BCUT2D eigenvalue weighted by molar-refractivity contribution is 5.92. The lowest BCUT2D eigenvalue weighted by Crippen LogP contribution is -2.37. The van der Waals surface area contributed by atoms with Gasteiger partial charge >= 0.3 is 0 Å². The summed E-state index contributed by atoms with van der Waals surface area (Å²) < 4.78 is 13.5. The Morgan fingerprint density at radius 3 is 2.75 bits per heavy atom. The SMILES string of the molecule is O=C1N(CC2CCC2)C(c2cccc(F)c2)NC12CC2. The van der Waals surface area contributed by atoms with Crippen molar-refractivity contribution in [3.05, 3.63) is 35.6 Å². The van der Waals surface area contributed by atoms with Gasteiger partial charge in [-0.05, 0) is 49.3 Å². The van der Waals surface area contributed by atoms with Gasteiger partial charge in [0.15, 0.2) is 0 Å². The van der Waals surface area contributed by atoms with Crippen LogP contribution in [0.5, 0.6) is 0 Å². The van der Waals surface area contributed by atoms with Crippen LogP contribution < -0.4 is 5.32 Å². The number of amides is 1. The van der Waals surface area contributed by atoms with E-state index in [1.54, 1.807) is 12.1 Å². The number of rotatable bonds is 3. The van der Waals surface area contributed by atoms with Crippen LogP contribution in [0, 0.1) is 11.7 Å². The quantitative estimate of drug-likeness (QED) is 0.919. The first-order valence-electron chi connectivity index (χ1n) is 7.52. The van der Waals surface area contributed by atoms with Crippen LogP contribution in [-0.4, -0.2) is 22.9 Å². The summed E-state index contributed by atoms with van der Waals surface area (Å²) in [6, 6.07) is 6.61. The molecule has 3 fully saturated rings. The van der Waals surface area contributed by atoms with Gasteiger partial charge in [-0.1, -0.05) is 18.6 Å². The van der Waals surface area contributed by atoms with Crippen LogP contribution in [0.2, 0.25) is 0 Å². The Labute approximate surface area is 118 Å². The van der Waals surface area contributed by atoms with Gasteiger partial charge in [0, 0.05) is 6.54 Å². The molecule has 1 unspecified atom stereocenters. The second-order valence-electron chi connectivity index (χ2n) is 6.44. The average Bonchev–Trinajstić information content (AvgIpc) is 3.10. The van der Waals surface area contributed by atoms with Crippen molar-refractivity contribution in [2.75, 3.05) is 6.54 Å². The summed E-state index contributed by atoms with van der Waals surface area (Å²) in [5, 5.41) is 3.45. The molecule has 1 saturated heterocycles. The summed E-state index contributed by atoms with van der Waals surface area (Å²) in [6.45, 7) is 0.814. The van der Waals surface area contributed by atoms with E-state index in [1.807, 2.05) is 11.0 Å². The topological polar surface area (TPSA) is 32.3 Å². The maximum atomic E-state index is 13.5. The predicted octanol–water partition coefficient (Wildman–Crippen LogP) is 2.59. The summed E-state index contributed by atoms with van der Waals surface area (Å²) in [5.74, 6) is 0.612. The molecule has 1 aliphatic heterocycles. The van der Waals surface area contributed by atoms with Gasteiger partial charge in [-0.15, -0.1) is 0 Å². The smallest absolute Gasteiger partial charge is 0.244 e. The van der Waals surface area contributed by atoms with E-state index in [2.05, 4.69) is 5.32 Å². The van der Waals surface area contributed by atoms with Gasteiger partial charge in [0.1, 0.15) is 17.5 Å². The normalized spacial score (nSPS) is 27.9. The van der Waals surface area contributed by atoms with Gasteiger partial charge < -0.3 is 4.90 Å². The molecule has 0 aromatic heterocycles. The number of nitrogens with zero attached hydrogens (tertiary/aromatic N) is 1. The summed E-state index contributed by atoms with van der Waals surface area (Å²) >= 11 is 0. The van der Waals surface area contributed by atoms with Crippen molar-refractivity contribution >= 4 is 5.91 Å². The molecular formula is C16H19FN2O. The minimum atomic E-state index is -0.333. The van der Waals surface area contributed by atoms with E-state index in [9.17, 15) is 9.18 Å². The predicted molar refractivity (Wildman–Crippen MR) is 73.3 cm³/mol. The summed E-state index contributed by atoms with van der Waals surface area (Å²) in [5.41, 5.74) is 0.530. The standard InChI is InChI=1S/C16H19FN2O/c17-13-6-2-5-12(9-13)14-18-16(7-8-16)15(20)19(14)10-11-3-1-4-11/h2,5-6,9,11,14,18H,1,3-4,7-8,10H2. The number of halogens is 1. The molecule has 20 heavy (non-hydrogen) atoms. The fraction of sp³-hybridized carbons (Fsp3) is 0.562. The van der Waals surface area contributed by atoms with Crippen LogP contribution in [0.15, 0.2) is 24.3 Å².